The van der Waals surface area contributed by atoms with Crippen LogP contribution in [0.1, 0.15) is 26.7 Å². The van der Waals surface area contributed by atoms with Crippen molar-refractivity contribution in [3.63, 3.8) is 0 Å². The van der Waals surface area contributed by atoms with E-state index in [4.69, 9.17) is 15.5 Å². The Kier molecular flexibility index (Phi) is 8.62. The van der Waals surface area contributed by atoms with Crippen molar-refractivity contribution in [3.8, 4) is 12.3 Å². The summed E-state index contributed by atoms with van der Waals surface area (Å²) in [4.78, 5) is 0. The normalized spacial score (nSPS) is 12.4. The first kappa shape index (κ1) is 16.1. The topological polar surface area (TPSA) is 35.5 Å². The van der Waals surface area contributed by atoms with E-state index in [0.717, 1.165) is 0 Å². The summed E-state index contributed by atoms with van der Waals surface area (Å²) < 4.78 is 21.0. The van der Waals surface area contributed by atoms with Gasteiger partial charge >= 0.3 is 8.25 Å². The maximum atomic E-state index is 11.1. The Hall–Kier alpha value is -0.940. The van der Waals surface area contributed by atoms with Crippen LogP contribution in [-0.4, -0.2) is 13.2 Å². The molecular formula is C13H20O3P+. The smallest absolute Gasteiger partial charge is 0.119 e. The summed E-state index contributed by atoms with van der Waals surface area (Å²) in [5.41, 5.74) is -0.247. The van der Waals surface area contributed by atoms with E-state index in [-0.39, 0.29) is 5.41 Å². The van der Waals surface area contributed by atoms with Crippen LogP contribution >= 0.6 is 8.25 Å². The molecule has 0 fully saturated rings. The van der Waals surface area contributed by atoms with Gasteiger partial charge in [0.1, 0.15) is 13.2 Å². The third kappa shape index (κ3) is 9.96. The summed E-state index contributed by atoms with van der Waals surface area (Å²) in [6.07, 6.45) is 12.2. The van der Waals surface area contributed by atoms with Gasteiger partial charge in [0.05, 0.1) is 0 Å². The van der Waals surface area contributed by atoms with E-state index in [2.05, 4.69) is 12.5 Å². The van der Waals surface area contributed by atoms with Gasteiger partial charge in [-0.25, -0.2) is 0 Å². The summed E-state index contributed by atoms with van der Waals surface area (Å²) in [5, 5.41) is 0. The molecule has 0 aromatic rings. The maximum absolute atomic E-state index is 11.1. The summed E-state index contributed by atoms with van der Waals surface area (Å²) in [6.45, 7) is 8.16. The highest BCUT2D eigenvalue weighted by Gasteiger charge is 2.18. The van der Waals surface area contributed by atoms with Gasteiger partial charge in [-0.15, -0.1) is 22.0 Å². The first-order valence-electron chi connectivity index (χ1n) is 5.51. The van der Waals surface area contributed by atoms with E-state index in [0.29, 0.717) is 26.1 Å². The molecule has 0 N–H and O–H groups in total. The molecule has 0 aliphatic heterocycles. The van der Waals surface area contributed by atoms with E-state index >= 15 is 0 Å². The molecule has 0 aliphatic carbocycles. The third-order valence-electron chi connectivity index (χ3n) is 1.91. The Labute approximate surface area is 105 Å². The molecule has 0 rings (SSSR count). The highest BCUT2D eigenvalue weighted by molar-refractivity contribution is 7.33. The Morgan fingerprint density at radius 2 is 1.94 bits per heavy atom. The van der Waals surface area contributed by atoms with Crippen LogP contribution in [0, 0.1) is 17.8 Å². The standard InChI is InChI=1S/C13H20O3P/c1-5-7-11-15-17(14)16-12-9-8-10-13(3,4)6-2/h2,5,8,10H,1,7,9,11-12H2,3-4H3/q+1. The number of rotatable bonds is 9. The van der Waals surface area contributed by atoms with Crippen LogP contribution in [-0.2, 0) is 13.6 Å². The van der Waals surface area contributed by atoms with Crippen molar-refractivity contribution >= 4 is 8.25 Å². The lowest BCUT2D eigenvalue weighted by atomic mass is 9.94. The fourth-order valence-corrected chi connectivity index (χ4v) is 1.45. The van der Waals surface area contributed by atoms with Crippen molar-refractivity contribution in [3.05, 3.63) is 24.8 Å². The highest BCUT2D eigenvalue weighted by Crippen LogP contribution is 2.24. The van der Waals surface area contributed by atoms with Gasteiger partial charge in [0.15, 0.2) is 0 Å². The second-order valence-electron chi connectivity index (χ2n) is 4.02. The van der Waals surface area contributed by atoms with Crippen LogP contribution < -0.4 is 0 Å². The Morgan fingerprint density at radius 1 is 1.35 bits per heavy atom. The molecule has 4 heteroatoms. The lowest BCUT2D eigenvalue weighted by Gasteiger charge is -2.09. The number of allylic oxidation sites excluding steroid dienone is 1. The van der Waals surface area contributed by atoms with Crippen molar-refractivity contribution < 1.29 is 13.6 Å². The van der Waals surface area contributed by atoms with Crippen LogP contribution in [0.5, 0.6) is 0 Å². The molecule has 1 unspecified atom stereocenters. The lowest BCUT2D eigenvalue weighted by Crippen LogP contribution is -2.02. The molecule has 0 spiro atoms. The summed E-state index contributed by atoms with van der Waals surface area (Å²) >= 11 is 0. The molecule has 0 heterocycles. The molecule has 0 amide bonds. The molecule has 17 heavy (non-hydrogen) atoms. The van der Waals surface area contributed by atoms with Gasteiger partial charge in [0.2, 0.25) is 0 Å². The van der Waals surface area contributed by atoms with Crippen LogP contribution in [0.15, 0.2) is 24.8 Å². The number of hydrogen-bond donors (Lipinski definition) is 0. The molecule has 0 aromatic heterocycles. The molecule has 3 nitrogen and oxygen atoms in total. The minimum atomic E-state index is -2.01. The number of terminal acetylenes is 1. The fourth-order valence-electron chi connectivity index (χ4n) is 0.869. The summed E-state index contributed by atoms with van der Waals surface area (Å²) in [6, 6.07) is 0. The predicted octanol–water partition coefficient (Wildman–Crippen LogP) is 3.86. The first-order chi connectivity index (χ1) is 8.02. The van der Waals surface area contributed by atoms with Gasteiger partial charge in [0.25, 0.3) is 0 Å². The zero-order chi connectivity index (χ0) is 13.1. The average molecular weight is 255 g/mol. The van der Waals surface area contributed by atoms with Gasteiger partial charge in [-0.1, -0.05) is 24.1 Å². The molecule has 94 valence electrons. The maximum Gasteiger partial charge on any atom is 0.697 e. The van der Waals surface area contributed by atoms with Gasteiger partial charge in [-0.05, 0) is 26.7 Å². The van der Waals surface area contributed by atoms with Crippen LogP contribution in [0.25, 0.3) is 0 Å². The Balaban J connectivity index is 3.61. The molecular weight excluding hydrogens is 235 g/mol. The zero-order valence-corrected chi connectivity index (χ0v) is 11.4. The van der Waals surface area contributed by atoms with Gasteiger partial charge in [-0.2, -0.15) is 0 Å². The zero-order valence-electron chi connectivity index (χ0n) is 10.5. The molecule has 0 saturated carbocycles. The highest BCUT2D eigenvalue weighted by atomic mass is 31.1. The fraction of sp³-hybridized carbons (Fsp3) is 0.538. The summed E-state index contributed by atoms with van der Waals surface area (Å²) in [5.74, 6) is 2.66. The Morgan fingerprint density at radius 3 is 2.47 bits per heavy atom. The van der Waals surface area contributed by atoms with Crippen LogP contribution in [0.2, 0.25) is 0 Å². The molecule has 0 radical (unpaired) electrons. The Bertz CT molecular complexity index is 313. The molecule has 0 saturated heterocycles. The molecule has 0 aromatic carbocycles. The minimum Gasteiger partial charge on any atom is -0.119 e. The van der Waals surface area contributed by atoms with Gasteiger partial charge in [0, 0.05) is 9.98 Å². The largest absolute Gasteiger partial charge is 0.697 e. The van der Waals surface area contributed by atoms with Crippen molar-refractivity contribution in [1.82, 2.24) is 0 Å². The quantitative estimate of drug-likeness (QED) is 0.271. The second-order valence-corrected chi connectivity index (χ2v) is 4.99. The van der Waals surface area contributed by atoms with Crippen molar-refractivity contribution in [2.45, 2.75) is 26.7 Å². The first-order valence-corrected chi connectivity index (χ1v) is 6.61. The number of hydrogen-bond acceptors (Lipinski definition) is 3. The van der Waals surface area contributed by atoms with Crippen molar-refractivity contribution in [1.29, 1.82) is 0 Å². The van der Waals surface area contributed by atoms with Crippen molar-refractivity contribution in [2.24, 2.45) is 5.41 Å². The predicted molar refractivity (Wildman–Crippen MR) is 70.7 cm³/mol. The lowest BCUT2D eigenvalue weighted by molar-refractivity contribution is 0.231. The van der Waals surface area contributed by atoms with Crippen LogP contribution in [0.3, 0.4) is 0 Å². The molecule has 0 bridgehead atoms. The average Bonchev–Trinajstić information content (AvgIpc) is 2.29. The molecule has 0 aliphatic rings. The van der Waals surface area contributed by atoms with E-state index in [9.17, 15) is 4.57 Å². The van der Waals surface area contributed by atoms with Crippen LogP contribution in [0.4, 0.5) is 0 Å². The van der Waals surface area contributed by atoms with E-state index in [1.165, 1.54) is 0 Å². The second kappa shape index (κ2) is 9.13. The SMILES string of the molecule is C#CC(C)(C)C=CCCO[P+](=O)OCCC=C. The van der Waals surface area contributed by atoms with E-state index in [1.54, 1.807) is 6.08 Å². The van der Waals surface area contributed by atoms with Crippen molar-refractivity contribution in [2.75, 3.05) is 13.2 Å². The van der Waals surface area contributed by atoms with E-state index < -0.39 is 8.25 Å². The summed E-state index contributed by atoms with van der Waals surface area (Å²) in [7, 11) is -2.01. The van der Waals surface area contributed by atoms with Gasteiger partial charge < -0.3 is 0 Å². The minimum absolute atomic E-state index is 0.247. The molecule has 1 atom stereocenters. The van der Waals surface area contributed by atoms with Gasteiger partial charge in [-0.3, -0.25) is 0 Å². The monoisotopic (exact) mass is 255 g/mol. The van der Waals surface area contributed by atoms with E-state index in [1.807, 2.05) is 26.0 Å². The third-order valence-corrected chi connectivity index (χ3v) is 2.69.